The van der Waals surface area contributed by atoms with Crippen LogP contribution in [0.4, 0.5) is 10.5 Å². The zero-order chi connectivity index (χ0) is 15.8. The van der Waals surface area contributed by atoms with E-state index in [0.29, 0.717) is 23.6 Å². The maximum absolute atomic E-state index is 11.6. The summed E-state index contributed by atoms with van der Waals surface area (Å²) in [5, 5.41) is 13.7. The van der Waals surface area contributed by atoms with Crippen LogP contribution in [0.2, 0.25) is 5.02 Å². The quantitative estimate of drug-likeness (QED) is 0.482. The minimum Gasteiger partial charge on any atom is -0.481 e. The molecule has 0 atom stereocenters. The summed E-state index contributed by atoms with van der Waals surface area (Å²) >= 11 is 7.82. The van der Waals surface area contributed by atoms with Gasteiger partial charge in [0.15, 0.2) is 0 Å². The molecule has 3 N–H and O–H groups in total. The van der Waals surface area contributed by atoms with Gasteiger partial charge in [-0.3, -0.25) is 14.9 Å². The first kappa shape index (κ1) is 17.7. The molecule has 0 saturated carbocycles. The van der Waals surface area contributed by atoms with Gasteiger partial charge in [-0.1, -0.05) is 11.6 Å². The number of imide groups is 1. The molecule has 1 aromatic rings. The predicted octanol–water partition coefficient (Wildman–Crippen LogP) is 3.24. The molecule has 0 bridgehead atoms. The van der Waals surface area contributed by atoms with Crippen LogP contribution in [-0.2, 0) is 9.59 Å². The van der Waals surface area contributed by atoms with Crippen molar-refractivity contribution >= 4 is 57.8 Å². The molecule has 0 unspecified atom stereocenters. The first-order valence-corrected chi connectivity index (χ1v) is 7.62. The van der Waals surface area contributed by atoms with Crippen LogP contribution in [0, 0.1) is 3.57 Å². The maximum Gasteiger partial charge on any atom is 0.325 e. The van der Waals surface area contributed by atoms with Gasteiger partial charge in [0, 0.05) is 21.4 Å². The SMILES string of the molecule is O=C(O)CCCCC(=O)NC(=O)Nc1ccc(Cl)cc1I. The topological polar surface area (TPSA) is 95.5 Å². The lowest BCUT2D eigenvalue weighted by molar-refractivity contribution is -0.137. The van der Waals surface area contributed by atoms with Crippen LogP contribution in [-0.4, -0.2) is 23.0 Å². The minimum atomic E-state index is -0.898. The summed E-state index contributed by atoms with van der Waals surface area (Å²) in [5.74, 6) is -1.34. The molecular weight excluding hydrogens is 411 g/mol. The van der Waals surface area contributed by atoms with E-state index in [0.717, 1.165) is 3.57 Å². The number of carbonyl (C=O) groups excluding carboxylic acids is 2. The Morgan fingerprint density at radius 3 is 2.48 bits per heavy atom. The number of halogens is 2. The summed E-state index contributed by atoms with van der Waals surface area (Å²) in [4.78, 5) is 33.4. The zero-order valence-electron chi connectivity index (χ0n) is 11.0. The highest BCUT2D eigenvalue weighted by molar-refractivity contribution is 14.1. The Balaban J connectivity index is 2.36. The molecule has 0 aromatic heterocycles. The summed E-state index contributed by atoms with van der Waals surface area (Å²) in [6, 6.07) is 4.33. The van der Waals surface area contributed by atoms with Crippen molar-refractivity contribution in [2.75, 3.05) is 5.32 Å². The Labute approximate surface area is 140 Å². The molecule has 0 spiro atoms. The number of hydrogen-bond donors (Lipinski definition) is 3. The van der Waals surface area contributed by atoms with Crippen LogP contribution in [0.3, 0.4) is 0 Å². The number of urea groups is 1. The lowest BCUT2D eigenvalue weighted by atomic mass is 10.2. The largest absolute Gasteiger partial charge is 0.481 e. The van der Waals surface area contributed by atoms with Gasteiger partial charge in [0.25, 0.3) is 0 Å². The number of anilines is 1. The molecular formula is C13H14ClIN2O4. The number of unbranched alkanes of at least 4 members (excludes halogenated alkanes) is 1. The van der Waals surface area contributed by atoms with E-state index in [4.69, 9.17) is 16.7 Å². The molecule has 1 aromatic carbocycles. The Morgan fingerprint density at radius 1 is 1.19 bits per heavy atom. The Hall–Kier alpha value is -1.35. The second-order valence-electron chi connectivity index (χ2n) is 4.23. The highest BCUT2D eigenvalue weighted by Crippen LogP contribution is 2.22. The fourth-order valence-electron chi connectivity index (χ4n) is 1.50. The van der Waals surface area contributed by atoms with Crippen molar-refractivity contribution in [2.45, 2.75) is 25.7 Å². The summed E-state index contributed by atoms with van der Waals surface area (Å²) in [7, 11) is 0. The second-order valence-corrected chi connectivity index (χ2v) is 5.83. The van der Waals surface area contributed by atoms with Crippen LogP contribution < -0.4 is 10.6 Å². The van der Waals surface area contributed by atoms with E-state index in [2.05, 4.69) is 10.6 Å². The molecule has 0 heterocycles. The van der Waals surface area contributed by atoms with Crippen LogP contribution in [0.5, 0.6) is 0 Å². The third-order valence-electron chi connectivity index (χ3n) is 2.48. The standard InChI is InChI=1S/C13H14ClIN2O4/c14-8-5-6-10(9(15)7-8)16-13(21)17-11(18)3-1-2-4-12(19)20/h5-7H,1-4H2,(H,19,20)(H2,16,17,18,21). The molecule has 0 aliphatic heterocycles. The Kier molecular flexibility index (Phi) is 7.44. The van der Waals surface area contributed by atoms with Gasteiger partial charge >= 0.3 is 12.0 Å². The van der Waals surface area contributed by atoms with Crippen LogP contribution in [0.25, 0.3) is 0 Å². The van der Waals surface area contributed by atoms with E-state index >= 15 is 0 Å². The van der Waals surface area contributed by atoms with Crippen molar-refractivity contribution in [2.24, 2.45) is 0 Å². The number of carboxylic acid groups (broad SMARTS) is 1. The van der Waals surface area contributed by atoms with Gasteiger partial charge in [0.2, 0.25) is 5.91 Å². The van der Waals surface area contributed by atoms with Crippen LogP contribution in [0.1, 0.15) is 25.7 Å². The smallest absolute Gasteiger partial charge is 0.325 e. The fraction of sp³-hybridized carbons (Fsp3) is 0.308. The third-order valence-corrected chi connectivity index (χ3v) is 3.60. The number of nitrogens with one attached hydrogen (secondary N) is 2. The maximum atomic E-state index is 11.6. The van der Waals surface area contributed by atoms with Crippen molar-refractivity contribution in [3.05, 3.63) is 26.8 Å². The molecule has 114 valence electrons. The van der Waals surface area contributed by atoms with E-state index in [1.807, 2.05) is 22.6 Å². The summed E-state index contributed by atoms with van der Waals surface area (Å²) in [6.07, 6.45) is 0.949. The number of carboxylic acids is 1. The third kappa shape index (κ3) is 7.28. The van der Waals surface area contributed by atoms with Crippen molar-refractivity contribution in [1.29, 1.82) is 0 Å². The predicted molar refractivity (Wildman–Crippen MR) is 87.4 cm³/mol. The number of amides is 3. The van der Waals surface area contributed by atoms with Gasteiger partial charge < -0.3 is 10.4 Å². The Morgan fingerprint density at radius 2 is 1.86 bits per heavy atom. The van der Waals surface area contributed by atoms with Crippen molar-refractivity contribution in [3.8, 4) is 0 Å². The minimum absolute atomic E-state index is 0.0163. The van der Waals surface area contributed by atoms with Crippen molar-refractivity contribution < 1.29 is 19.5 Å². The van der Waals surface area contributed by atoms with Gasteiger partial charge in [-0.15, -0.1) is 0 Å². The molecule has 6 nitrogen and oxygen atoms in total. The monoisotopic (exact) mass is 424 g/mol. The number of rotatable bonds is 6. The Bertz CT molecular complexity index is 551. The van der Waals surface area contributed by atoms with Gasteiger partial charge in [0.05, 0.1) is 5.69 Å². The van der Waals surface area contributed by atoms with E-state index in [9.17, 15) is 14.4 Å². The van der Waals surface area contributed by atoms with Crippen molar-refractivity contribution in [1.82, 2.24) is 5.32 Å². The summed E-state index contributed by atoms with van der Waals surface area (Å²) in [5.41, 5.74) is 0.552. The average molecular weight is 425 g/mol. The molecule has 1 rings (SSSR count). The normalized spacial score (nSPS) is 10.0. The number of benzene rings is 1. The first-order chi connectivity index (χ1) is 9.88. The van der Waals surface area contributed by atoms with E-state index in [1.165, 1.54) is 0 Å². The zero-order valence-corrected chi connectivity index (χ0v) is 13.9. The molecule has 0 radical (unpaired) electrons. The molecule has 0 fully saturated rings. The molecule has 3 amide bonds. The second kappa shape index (κ2) is 8.83. The fourth-order valence-corrected chi connectivity index (χ4v) is 2.50. The molecule has 21 heavy (non-hydrogen) atoms. The molecule has 8 heteroatoms. The number of hydrogen-bond acceptors (Lipinski definition) is 3. The molecule has 0 aliphatic carbocycles. The summed E-state index contributed by atoms with van der Waals surface area (Å²) < 4.78 is 0.754. The highest BCUT2D eigenvalue weighted by Gasteiger charge is 2.10. The molecule has 0 saturated heterocycles. The van der Waals surface area contributed by atoms with Crippen LogP contribution in [0.15, 0.2) is 18.2 Å². The van der Waals surface area contributed by atoms with Crippen molar-refractivity contribution in [3.63, 3.8) is 0 Å². The lowest BCUT2D eigenvalue weighted by Gasteiger charge is -2.08. The van der Waals surface area contributed by atoms with Gasteiger partial charge in [-0.2, -0.15) is 0 Å². The number of aliphatic carboxylic acids is 1. The lowest BCUT2D eigenvalue weighted by Crippen LogP contribution is -2.34. The highest BCUT2D eigenvalue weighted by atomic mass is 127. The van der Waals surface area contributed by atoms with E-state index < -0.39 is 17.9 Å². The van der Waals surface area contributed by atoms with Gasteiger partial charge in [-0.25, -0.2) is 4.79 Å². The summed E-state index contributed by atoms with van der Waals surface area (Å²) in [6.45, 7) is 0. The average Bonchev–Trinajstić information content (AvgIpc) is 2.38. The van der Waals surface area contributed by atoms with E-state index in [-0.39, 0.29) is 12.8 Å². The van der Waals surface area contributed by atoms with Gasteiger partial charge in [0.1, 0.15) is 0 Å². The van der Waals surface area contributed by atoms with E-state index in [1.54, 1.807) is 18.2 Å². The van der Waals surface area contributed by atoms with Crippen LogP contribution >= 0.6 is 34.2 Å². The first-order valence-electron chi connectivity index (χ1n) is 6.16. The number of carbonyl (C=O) groups is 3. The molecule has 0 aliphatic rings. The van der Waals surface area contributed by atoms with Gasteiger partial charge in [-0.05, 0) is 53.6 Å².